The number of halogens is 1. The highest BCUT2D eigenvalue weighted by Crippen LogP contribution is 2.15. The van der Waals surface area contributed by atoms with Gasteiger partial charge in [0.1, 0.15) is 0 Å². The molecule has 0 bridgehead atoms. The van der Waals surface area contributed by atoms with E-state index in [9.17, 15) is 5.11 Å². The molecule has 0 aliphatic carbocycles. The molecule has 114 valence electrons. The van der Waals surface area contributed by atoms with Crippen LogP contribution in [0.4, 0.5) is 0 Å². The highest BCUT2D eigenvalue weighted by atomic mass is 35.5. The fourth-order valence-electron chi connectivity index (χ4n) is 2.55. The number of unbranched alkanes of at least 4 members (excludes halogenated alkanes) is 7. The molecule has 2 heteroatoms. The molecule has 0 aromatic heterocycles. The molecule has 0 radical (unpaired) electrons. The zero-order valence-electron chi connectivity index (χ0n) is 12.8. The molecule has 0 amide bonds. The Morgan fingerprint density at radius 3 is 2.30 bits per heavy atom. The van der Waals surface area contributed by atoms with E-state index in [1.807, 2.05) is 24.3 Å². The molecule has 0 saturated heterocycles. The van der Waals surface area contributed by atoms with E-state index in [0.29, 0.717) is 0 Å². The van der Waals surface area contributed by atoms with E-state index < -0.39 is 0 Å². The van der Waals surface area contributed by atoms with Gasteiger partial charge in [0.2, 0.25) is 0 Å². The minimum Gasteiger partial charge on any atom is -0.393 e. The summed E-state index contributed by atoms with van der Waals surface area (Å²) in [5.74, 6) is 0. The number of aliphatic hydroxyl groups is 1. The Morgan fingerprint density at radius 1 is 1.00 bits per heavy atom. The van der Waals surface area contributed by atoms with Gasteiger partial charge >= 0.3 is 0 Å². The average molecular weight is 297 g/mol. The summed E-state index contributed by atoms with van der Waals surface area (Å²) in [5.41, 5.74) is 1.13. The van der Waals surface area contributed by atoms with Gasteiger partial charge in [-0.15, -0.1) is 0 Å². The zero-order chi connectivity index (χ0) is 14.6. The standard InChI is InChI=1S/C18H29ClO/c1-2-3-4-5-6-7-8-9-13-18(20)15-16-11-10-12-17(19)14-16/h10-12,14,18,20H,2-9,13,15H2,1H3. The van der Waals surface area contributed by atoms with Gasteiger partial charge in [0.25, 0.3) is 0 Å². The van der Waals surface area contributed by atoms with Crippen molar-refractivity contribution in [2.75, 3.05) is 0 Å². The van der Waals surface area contributed by atoms with Gasteiger partial charge in [-0.25, -0.2) is 0 Å². The van der Waals surface area contributed by atoms with Gasteiger partial charge in [0, 0.05) is 5.02 Å². The van der Waals surface area contributed by atoms with Crippen LogP contribution in [-0.2, 0) is 6.42 Å². The second-order valence-electron chi connectivity index (χ2n) is 5.75. The molecule has 1 atom stereocenters. The zero-order valence-corrected chi connectivity index (χ0v) is 13.5. The van der Waals surface area contributed by atoms with E-state index in [1.165, 1.54) is 44.9 Å². The molecule has 1 N–H and O–H groups in total. The first-order valence-corrected chi connectivity index (χ1v) is 8.52. The molecule has 0 heterocycles. The molecule has 20 heavy (non-hydrogen) atoms. The molecule has 0 aliphatic heterocycles. The molecule has 1 rings (SSSR count). The van der Waals surface area contributed by atoms with E-state index in [0.717, 1.165) is 29.8 Å². The van der Waals surface area contributed by atoms with Crippen LogP contribution >= 0.6 is 11.6 Å². The Bertz CT molecular complexity index is 351. The Morgan fingerprint density at radius 2 is 1.65 bits per heavy atom. The minimum atomic E-state index is -0.228. The van der Waals surface area contributed by atoms with Crippen molar-refractivity contribution in [2.45, 2.75) is 77.2 Å². The lowest BCUT2D eigenvalue weighted by Gasteiger charge is -2.10. The predicted octanol–water partition coefficient (Wildman–Crippen LogP) is 5.77. The van der Waals surface area contributed by atoms with Crippen LogP contribution in [0, 0.1) is 0 Å². The Hall–Kier alpha value is -0.530. The summed E-state index contributed by atoms with van der Waals surface area (Å²) in [5, 5.41) is 10.8. The molecule has 1 unspecified atom stereocenters. The molecule has 0 saturated carbocycles. The molecular formula is C18H29ClO. The Labute approximate surface area is 129 Å². The lowest BCUT2D eigenvalue weighted by molar-refractivity contribution is 0.161. The van der Waals surface area contributed by atoms with Crippen molar-refractivity contribution < 1.29 is 5.11 Å². The monoisotopic (exact) mass is 296 g/mol. The highest BCUT2D eigenvalue weighted by Gasteiger charge is 2.05. The predicted molar refractivity (Wildman–Crippen MR) is 88.4 cm³/mol. The second kappa shape index (κ2) is 11.2. The Balaban J connectivity index is 2.01. The third-order valence-electron chi connectivity index (χ3n) is 3.75. The summed E-state index contributed by atoms with van der Waals surface area (Å²) in [6, 6.07) is 7.79. The van der Waals surface area contributed by atoms with Crippen molar-refractivity contribution in [3.05, 3.63) is 34.9 Å². The van der Waals surface area contributed by atoms with E-state index in [2.05, 4.69) is 6.92 Å². The van der Waals surface area contributed by atoms with Crippen LogP contribution < -0.4 is 0 Å². The fraction of sp³-hybridized carbons (Fsp3) is 0.667. The maximum Gasteiger partial charge on any atom is 0.0580 e. The normalized spacial score (nSPS) is 12.6. The van der Waals surface area contributed by atoms with E-state index in [4.69, 9.17) is 11.6 Å². The van der Waals surface area contributed by atoms with Gasteiger partial charge in [-0.05, 0) is 30.5 Å². The molecule has 0 aliphatic rings. The molecule has 0 fully saturated rings. The fourth-order valence-corrected chi connectivity index (χ4v) is 2.76. The summed E-state index contributed by atoms with van der Waals surface area (Å²) in [6.45, 7) is 2.25. The van der Waals surface area contributed by atoms with Crippen molar-refractivity contribution in [3.63, 3.8) is 0 Å². The average Bonchev–Trinajstić information content (AvgIpc) is 2.42. The lowest BCUT2D eigenvalue weighted by atomic mass is 10.0. The maximum atomic E-state index is 10.0. The van der Waals surface area contributed by atoms with Gasteiger partial charge in [0.15, 0.2) is 0 Å². The lowest BCUT2D eigenvalue weighted by Crippen LogP contribution is -2.10. The summed E-state index contributed by atoms with van der Waals surface area (Å²) in [4.78, 5) is 0. The van der Waals surface area contributed by atoms with Crippen LogP contribution in [0.2, 0.25) is 5.02 Å². The molecule has 1 aromatic carbocycles. The van der Waals surface area contributed by atoms with E-state index in [-0.39, 0.29) is 6.10 Å². The first-order chi connectivity index (χ1) is 9.72. The highest BCUT2D eigenvalue weighted by molar-refractivity contribution is 6.30. The van der Waals surface area contributed by atoms with Crippen molar-refractivity contribution in [1.82, 2.24) is 0 Å². The maximum absolute atomic E-state index is 10.0. The summed E-state index contributed by atoms with van der Waals surface area (Å²) >= 11 is 5.94. The third-order valence-corrected chi connectivity index (χ3v) is 3.99. The second-order valence-corrected chi connectivity index (χ2v) is 6.19. The molecule has 1 aromatic rings. The van der Waals surface area contributed by atoms with Gasteiger partial charge < -0.3 is 5.11 Å². The topological polar surface area (TPSA) is 20.2 Å². The van der Waals surface area contributed by atoms with Crippen LogP contribution in [0.25, 0.3) is 0 Å². The molecular weight excluding hydrogens is 268 g/mol. The number of rotatable bonds is 11. The minimum absolute atomic E-state index is 0.228. The number of hydrogen-bond donors (Lipinski definition) is 1. The van der Waals surface area contributed by atoms with Crippen molar-refractivity contribution >= 4 is 11.6 Å². The van der Waals surface area contributed by atoms with Crippen LogP contribution in [0.5, 0.6) is 0 Å². The van der Waals surface area contributed by atoms with Gasteiger partial charge in [0.05, 0.1) is 6.10 Å². The van der Waals surface area contributed by atoms with Crippen molar-refractivity contribution in [1.29, 1.82) is 0 Å². The molecule has 0 spiro atoms. The first-order valence-electron chi connectivity index (χ1n) is 8.15. The largest absolute Gasteiger partial charge is 0.393 e. The van der Waals surface area contributed by atoms with Gasteiger partial charge in [-0.2, -0.15) is 0 Å². The smallest absolute Gasteiger partial charge is 0.0580 e. The SMILES string of the molecule is CCCCCCCCCCC(O)Cc1cccc(Cl)c1. The van der Waals surface area contributed by atoms with Crippen molar-refractivity contribution in [3.8, 4) is 0 Å². The Kier molecular flexibility index (Phi) is 9.78. The van der Waals surface area contributed by atoms with Crippen LogP contribution in [0.15, 0.2) is 24.3 Å². The summed E-state index contributed by atoms with van der Waals surface area (Å²) in [6.07, 6.45) is 11.9. The van der Waals surface area contributed by atoms with E-state index >= 15 is 0 Å². The number of benzene rings is 1. The van der Waals surface area contributed by atoms with Crippen molar-refractivity contribution in [2.24, 2.45) is 0 Å². The van der Waals surface area contributed by atoms with Crippen LogP contribution in [0.1, 0.15) is 70.3 Å². The van der Waals surface area contributed by atoms with Gasteiger partial charge in [-0.3, -0.25) is 0 Å². The van der Waals surface area contributed by atoms with E-state index in [1.54, 1.807) is 0 Å². The summed E-state index contributed by atoms with van der Waals surface area (Å²) in [7, 11) is 0. The number of hydrogen-bond acceptors (Lipinski definition) is 1. The van der Waals surface area contributed by atoms with Crippen LogP contribution in [0.3, 0.4) is 0 Å². The van der Waals surface area contributed by atoms with Crippen LogP contribution in [-0.4, -0.2) is 11.2 Å². The third kappa shape index (κ3) is 8.60. The quantitative estimate of drug-likeness (QED) is 0.514. The first kappa shape index (κ1) is 17.5. The summed E-state index contributed by atoms with van der Waals surface area (Å²) < 4.78 is 0. The number of aliphatic hydroxyl groups excluding tert-OH is 1. The van der Waals surface area contributed by atoms with Gasteiger partial charge in [-0.1, -0.05) is 82.0 Å². The molecule has 1 nitrogen and oxygen atoms in total.